The van der Waals surface area contributed by atoms with E-state index in [1.807, 2.05) is 54.0 Å². The van der Waals surface area contributed by atoms with Crippen LogP contribution in [0.3, 0.4) is 0 Å². The fraction of sp³-hybridized carbons (Fsp3) is 0.471. The third-order valence-corrected chi connectivity index (χ3v) is 4.39. The van der Waals surface area contributed by atoms with Gasteiger partial charge in [0, 0.05) is 31.2 Å². The number of amides is 1. The van der Waals surface area contributed by atoms with Crippen molar-refractivity contribution in [3.05, 3.63) is 30.3 Å². The minimum atomic E-state index is -0.344. The molecule has 3 rings (SSSR count). The van der Waals surface area contributed by atoms with Crippen LogP contribution in [0.25, 0.3) is 11.4 Å². The first-order chi connectivity index (χ1) is 11.6. The maximum absolute atomic E-state index is 12.8. The van der Waals surface area contributed by atoms with E-state index in [1.54, 1.807) is 0 Å². The van der Waals surface area contributed by atoms with Crippen molar-refractivity contribution in [2.24, 2.45) is 5.73 Å². The monoisotopic (exact) mass is 329 g/mol. The van der Waals surface area contributed by atoms with E-state index in [9.17, 15) is 4.79 Å². The van der Waals surface area contributed by atoms with Gasteiger partial charge in [0.2, 0.25) is 11.7 Å². The molecule has 1 saturated heterocycles. The summed E-state index contributed by atoms with van der Waals surface area (Å²) in [5.41, 5.74) is 6.97. The Kier molecular flexibility index (Phi) is 4.80. The standard InChI is InChI=1S/C17H23N5O2/c1-3-21(4-2)16(23)14-10-13(18)11-22(14)17-19-15(20-24-17)12-8-6-5-7-9-12/h5-9,13-14H,3-4,10-11,18H2,1-2H3/t13-,14-/m0/s1. The van der Waals surface area contributed by atoms with Gasteiger partial charge in [-0.05, 0) is 20.3 Å². The normalized spacial score (nSPS) is 20.4. The lowest BCUT2D eigenvalue weighted by Gasteiger charge is -2.27. The number of benzene rings is 1. The molecule has 0 aliphatic carbocycles. The fourth-order valence-corrected chi connectivity index (χ4v) is 3.10. The molecular formula is C17H23N5O2. The van der Waals surface area contributed by atoms with Crippen molar-refractivity contribution in [3.8, 4) is 11.4 Å². The first kappa shape index (κ1) is 16.4. The van der Waals surface area contributed by atoms with Crippen molar-refractivity contribution in [2.75, 3.05) is 24.5 Å². The van der Waals surface area contributed by atoms with Crippen LogP contribution in [-0.4, -0.2) is 52.7 Å². The second-order valence-corrected chi connectivity index (χ2v) is 5.94. The topological polar surface area (TPSA) is 88.5 Å². The van der Waals surface area contributed by atoms with Gasteiger partial charge in [-0.15, -0.1) is 0 Å². The summed E-state index contributed by atoms with van der Waals surface area (Å²) in [6.07, 6.45) is 0.596. The molecule has 0 saturated carbocycles. The minimum Gasteiger partial charge on any atom is -0.341 e. The second-order valence-electron chi connectivity index (χ2n) is 5.94. The number of nitrogens with zero attached hydrogens (tertiary/aromatic N) is 4. The molecule has 1 amide bonds. The quantitative estimate of drug-likeness (QED) is 0.894. The third-order valence-electron chi connectivity index (χ3n) is 4.39. The molecule has 128 valence electrons. The van der Waals surface area contributed by atoms with E-state index in [1.165, 1.54) is 0 Å². The molecule has 1 fully saturated rings. The number of likely N-dealkylation sites (N-methyl/N-ethyl adjacent to an activating group) is 1. The van der Waals surface area contributed by atoms with Crippen LogP contribution in [0.4, 0.5) is 6.01 Å². The number of aromatic nitrogens is 2. The highest BCUT2D eigenvalue weighted by Crippen LogP contribution is 2.27. The van der Waals surface area contributed by atoms with E-state index in [0.717, 1.165) is 5.56 Å². The Labute approximate surface area is 141 Å². The number of nitrogens with two attached hydrogens (primary N) is 1. The summed E-state index contributed by atoms with van der Waals surface area (Å²) < 4.78 is 5.42. The molecule has 2 atom stereocenters. The van der Waals surface area contributed by atoms with Crippen LogP contribution in [0, 0.1) is 0 Å². The number of anilines is 1. The molecule has 2 N–H and O–H groups in total. The van der Waals surface area contributed by atoms with Crippen LogP contribution in [0.1, 0.15) is 20.3 Å². The zero-order chi connectivity index (χ0) is 17.1. The summed E-state index contributed by atoms with van der Waals surface area (Å²) in [5.74, 6) is 0.576. The highest BCUT2D eigenvalue weighted by molar-refractivity contribution is 5.85. The van der Waals surface area contributed by atoms with Crippen molar-refractivity contribution >= 4 is 11.9 Å². The van der Waals surface area contributed by atoms with Gasteiger partial charge in [-0.1, -0.05) is 35.5 Å². The number of hydrogen-bond donors (Lipinski definition) is 1. The number of carbonyl (C=O) groups is 1. The second kappa shape index (κ2) is 7.00. The lowest BCUT2D eigenvalue weighted by Crippen LogP contribution is -2.45. The Morgan fingerprint density at radius 3 is 2.71 bits per heavy atom. The first-order valence-electron chi connectivity index (χ1n) is 8.34. The number of hydrogen-bond acceptors (Lipinski definition) is 6. The minimum absolute atomic E-state index is 0.0624. The molecule has 7 nitrogen and oxygen atoms in total. The van der Waals surface area contributed by atoms with Gasteiger partial charge in [-0.25, -0.2) is 0 Å². The Morgan fingerprint density at radius 2 is 2.04 bits per heavy atom. The van der Waals surface area contributed by atoms with E-state index < -0.39 is 0 Å². The lowest BCUT2D eigenvalue weighted by molar-refractivity contribution is -0.132. The van der Waals surface area contributed by atoms with Crippen LogP contribution < -0.4 is 10.6 Å². The summed E-state index contributed by atoms with van der Waals surface area (Å²) in [6, 6.07) is 9.54. The van der Waals surface area contributed by atoms with Gasteiger partial charge in [-0.3, -0.25) is 4.79 Å². The average molecular weight is 329 g/mol. The van der Waals surface area contributed by atoms with Gasteiger partial charge >= 0.3 is 6.01 Å². The van der Waals surface area contributed by atoms with Gasteiger partial charge in [0.1, 0.15) is 6.04 Å². The van der Waals surface area contributed by atoms with E-state index in [4.69, 9.17) is 10.3 Å². The molecule has 0 radical (unpaired) electrons. The summed E-state index contributed by atoms with van der Waals surface area (Å²) in [7, 11) is 0. The van der Waals surface area contributed by atoms with E-state index in [2.05, 4.69) is 10.1 Å². The van der Waals surface area contributed by atoms with Gasteiger partial charge in [-0.2, -0.15) is 4.98 Å². The zero-order valence-corrected chi connectivity index (χ0v) is 14.1. The molecule has 0 bridgehead atoms. The predicted molar refractivity (Wildman–Crippen MR) is 91.4 cm³/mol. The van der Waals surface area contributed by atoms with Crippen LogP contribution in [0.2, 0.25) is 0 Å². The largest absolute Gasteiger partial charge is 0.341 e. The van der Waals surface area contributed by atoms with Crippen LogP contribution in [0.5, 0.6) is 0 Å². The first-order valence-corrected chi connectivity index (χ1v) is 8.34. The molecule has 0 spiro atoms. The van der Waals surface area contributed by atoms with E-state index in [0.29, 0.717) is 37.9 Å². The van der Waals surface area contributed by atoms with Gasteiger partial charge in [0.15, 0.2) is 0 Å². The van der Waals surface area contributed by atoms with E-state index in [-0.39, 0.29) is 18.0 Å². The maximum atomic E-state index is 12.8. The van der Waals surface area contributed by atoms with Crippen LogP contribution >= 0.6 is 0 Å². The molecule has 1 aromatic carbocycles. The Balaban J connectivity index is 1.84. The number of carbonyl (C=O) groups excluding carboxylic acids is 1. The molecule has 2 heterocycles. The van der Waals surface area contributed by atoms with Gasteiger partial charge in [0.25, 0.3) is 0 Å². The van der Waals surface area contributed by atoms with Crippen LogP contribution in [0.15, 0.2) is 34.9 Å². The van der Waals surface area contributed by atoms with Gasteiger partial charge in [0.05, 0.1) is 0 Å². The third kappa shape index (κ3) is 3.12. The molecule has 1 aromatic heterocycles. The Hall–Kier alpha value is -2.41. The fourth-order valence-electron chi connectivity index (χ4n) is 3.10. The maximum Gasteiger partial charge on any atom is 0.325 e. The molecule has 0 unspecified atom stereocenters. The van der Waals surface area contributed by atoms with Crippen LogP contribution in [-0.2, 0) is 4.79 Å². The summed E-state index contributed by atoms with van der Waals surface area (Å²) in [6.45, 7) is 5.83. The van der Waals surface area contributed by atoms with Crippen molar-refractivity contribution in [3.63, 3.8) is 0 Å². The lowest BCUT2D eigenvalue weighted by atomic mass is 10.1. The summed E-state index contributed by atoms with van der Waals surface area (Å²) >= 11 is 0. The smallest absolute Gasteiger partial charge is 0.325 e. The Bertz CT molecular complexity index is 683. The van der Waals surface area contributed by atoms with E-state index >= 15 is 0 Å². The SMILES string of the molecule is CCN(CC)C(=O)[C@@H]1C[C@H](N)CN1c1nc(-c2ccccc2)no1. The van der Waals surface area contributed by atoms with Crippen molar-refractivity contribution in [2.45, 2.75) is 32.4 Å². The van der Waals surface area contributed by atoms with Crippen molar-refractivity contribution < 1.29 is 9.32 Å². The Morgan fingerprint density at radius 1 is 1.33 bits per heavy atom. The molecular weight excluding hydrogens is 306 g/mol. The summed E-state index contributed by atoms with van der Waals surface area (Å²) in [4.78, 5) is 20.9. The number of rotatable bonds is 5. The highest BCUT2D eigenvalue weighted by atomic mass is 16.5. The molecule has 7 heteroatoms. The van der Waals surface area contributed by atoms with Gasteiger partial charge < -0.3 is 20.1 Å². The molecule has 1 aliphatic rings. The average Bonchev–Trinajstić information content (AvgIpc) is 3.23. The van der Waals surface area contributed by atoms with Crippen molar-refractivity contribution in [1.82, 2.24) is 15.0 Å². The molecule has 24 heavy (non-hydrogen) atoms. The highest BCUT2D eigenvalue weighted by Gasteiger charge is 2.39. The molecule has 2 aromatic rings. The van der Waals surface area contributed by atoms with Crippen molar-refractivity contribution in [1.29, 1.82) is 0 Å². The molecule has 1 aliphatic heterocycles. The summed E-state index contributed by atoms with van der Waals surface area (Å²) in [5, 5.41) is 4.04. The predicted octanol–water partition coefficient (Wildman–Crippen LogP) is 1.51. The zero-order valence-electron chi connectivity index (χ0n) is 14.1.